The molecule has 3 aromatic rings. The Hall–Kier alpha value is -2.97. The first-order chi connectivity index (χ1) is 14.5. The molecular weight excluding hydrogens is 402 g/mol. The van der Waals surface area contributed by atoms with E-state index in [2.05, 4.69) is 39.8 Å². The Kier molecular flexibility index (Phi) is 7.75. The van der Waals surface area contributed by atoms with Crippen molar-refractivity contribution >= 4 is 34.3 Å². The highest BCUT2D eigenvalue weighted by Gasteiger charge is 2.13. The van der Waals surface area contributed by atoms with Gasteiger partial charge in [-0.3, -0.25) is 14.4 Å². The molecule has 156 valence electrons. The van der Waals surface area contributed by atoms with E-state index in [1.165, 1.54) is 10.5 Å². The quantitative estimate of drug-likeness (QED) is 0.292. The van der Waals surface area contributed by atoms with Crippen molar-refractivity contribution in [3.8, 4) is 0 Å². The molecule has 0 atom stereocenters. The number of nitrogens with one attached hydrogen (secondary N) is 2. The van der Waals surface area contributed by atoms with Gasteiger partial charge in [-0.1, -0.05) is 35.9 Å². The van der Waals surface area contributed by atoms with E-state index in [0.717, 1.165) is 5.75 Å². The highest BCUT2D eigenvalue weighted by molar-refractivity contribution is 7.99. The van der Waals surface area contributed by atoms with Crippen LogP contribution in [0.2, 0.25) is 0 Å². The maximum Gasteiger partial charge on any atom is 0.312 e. The minimum Gasteiger partial charge on any atom is -0.457 e. The number of rotatable bonds is 10. The second kappa shape index (κ2) is 10.7. The molecule has 0 aliphatic rings. The average Bonchev–Trinajstić information content (AvgIpc) is 2.75. The number of hydrogen-bond acceptors (Lipinski definition) is 7. The van der Waals surface area contributed by atoms with Crippen molar-refractivity contribution in [1.29, 1.82) is 0 Å². The Bertz CT molecular complexity index is 1080. The molecule has 0 spiro atoms. The lowest BCUT2D eigenvalue weighted by molar-refractivity contribution is -0.147. The average molecular weight is 426 g/mol. The SMILES string of the molecule is Cc1ccc(SCCNCC(=O)COC(=O)Cc2n[nH]c(=O)c3ccccc23)cc1. The molecule has 30 heavy (non-hydrogen) atoms. The van der Waals surface area contributed by atoms with Crippen LogP contribution in [0.5, 0.6) is 0 Å². The van der Waals surface area contributed by atoms with Gasteiger partial charge in [-0.25, -0.2) is 5.10 Å². The van der Waals surface area contributed by atoms with Crippen molar-refractivity contribution < 1.29 is 14.3 Å². The number of benzene rings is 2. The maximum absolute atomic E-state index is 12.1. The summed E-state index contributed by atoms with van der Waals surface area (Å²) in [6.45, 7) is 2.57. The Balaban J connectivity index is 1.37. The van der Waals surface area contributed by atoms with Crippen molar-refractivity contribution in [3.05, 3.63) is 70.1 Å². The standard InChI is InChI=1S/C22H23N3O4S/c1-15-6-8-17(9-7-15)30-11-10-23-13-16(26)14-29-21(27)12-20-18-4-2-3-5-19(18)22(28)25-24-20/h2-9,23H,10-14H2,1H3,(H,25,28). The van der Waals surface area contributed by atoms with Crippen LogP contribution in [0.15, 0.2) is 58.2 Å². The molecule has 1 aromatic heterocycles. The van der Waals surface area contributed by atoms with Gasteiger partial charge < -0.3 is 10.1 Å². The maximum atomic E-state index is 12.1. The summed E-state index contributed by atoms with van der Waals surface area (Å²) in [7, 11) is 0. The van der Waals surface area contributed by atoms with Crippen LogP contribution in [-0.4, -0.2) is 47.4 Å². The molecule has 2 N–H and O–H groups in total. The van der Waals surface area contributed by atoms with Gasteiger partial charge in [0.1, 0.15) is 0 Å². The summed E-state index contributed by atoms with van der Waals surface area (Å²) in [5, 5.41) is 10.4. The fourth-order valence-corrected chi connectivity index (χ4v) is 3.62. The van der Waals surface area contributed by atoms with Crippen molar-refractivity contribution in [2.24, 2.45) is 0 Å². The topological polar surface area (TPSA) is 101 Å². The Morgan fingerprint density at radius 1 is 1.10 bits per heavy atom. The number of H-pyrrole nitrogens is 1. The zero-order valence-corrected chi connectivity index (χ0v) is 17.5. The van der Waals surface area contributed by atoms with Crippen molar-refractivity contribution in [2.75, 3.05) is 25.4 Å². The molecule has 0 fully saturated rings. The van der Waals surface area contributed by atoms with Crippen LogP contribution in [0.3, 0.4) is 0 Å². The number of aryl methyl sites for hydroxylation is 1. The first-order valence-corrected chi connectivity index (χ1v) is 10.6. The fraction of sp³-hybridized carbons (Fsp3) is 0.273. The third-order valence-corrected chi connectivity index (χ3v) is 5.39. The lowest BCUT2D eigenvalue weighted by atomic mass is 10.1. The van der Waals surface area contributed by atoms with Gasteiger partial charge in [0.2, 0.25) is 0 Å². The lowest BCUT2D eigenvalue weighted by Crippen LogP contribution is -2.29. The first-order valence-electron chi connectivity index (χ1n) is 9.57. The molecule has 0 unspecified atom stereocenters. The highest BCUT2D eigenvalue weighted by Crippen LogP contribution is 2.17. The van der Waals surface area contributed by atoms with Gasteiger partial charge >= 0.3 is 5.97 Å². The van der Waals surface area contributed by atoms with Gasteiger partial charge in [-0.05, 0) is 25.1 Å². The smallest absolute Gasteiger partial charge is 0.312 e. The van der Waals surface area contributed by atoms with Crippen molar-refractivity contribution in [3.63, 3.8) is 0 Å². The van der Waals surface area contributed by atoms with Gasteiger partial charge in [0.25, 0.3) is 5.56 Å². The van der Waals surface area contributed by atoms with E-state index in [0.29, 0.717) is 23.0 Å². The van der Waals surface area contributed by atoms with Gasteiger partial charge in [-0.15, -0.1) is 11.8 Å². The number of thioether (sulfide) groups is 1. The molecule has 3 rings (SSSR count). The van der Waals surface area contributed by atoms with Gasteiger partial charge in [-0.2, -0.15) is 5.10 Å². The zero-order chi connectivity index (χ0) is 21.3. The van der Waals surface area contributed by atoms with Gasteiger partial charge in [0, 0.05) is 22.6 Å². The Labute approximate surface area is 178 Å². The molecule has 0 aliphatic heterocycles. The second-order valence-corrected chi connectivity index (χ2v) is 7.93. The molecule has 0 bridgehead atoms. The van der Waals surface area contributed by atoms with E-state index in [1.54, 1.807) is 36.0 Å². The molecule has 0 radical (unpaired) electrons. The number of fused-ring (bicyclic) bond motifs is 1. The molecule has 8 heteroatoms. The summed E-state index contributed by atoms with van der Waals surface area (Å²) in [6, 6.07) is 15.2. The second-order valence-electron chi connectivity index (χ2n) is 6.76. The summed E-state index contributed by atoms with van der Waals surface area (Å²) in [4.78, 5) is 37.0. The van der Waals surface area contributed by atoms with Crippen LogP contribution in [0.1, 0.15) is 11.3 Å². The predicted molar refractivity (Wildman–Crippen MR) is 117 cm³/mol. The van der Waals surface area contributed by atoms with E-state index in [4.69, 9.17) is 4.74 Å². The van der Waals surface area contributed by atoms with Crippen LogP contribution in [0.4, 0.5) is 0 Å². The lowest BCUT2D eigenvalue weighted by Gasteiger charge is -2.07. The molecule has 0 amide bonds. The van der Waals surface area contributed by atoms with Gasteiger partial charge in [0.05, 0.1) is 24.0 Å². The number of carbonyl (C=O) groups is 2. The minimum absolute atomic E-state index is 0.120. The van der Waals surface area contributed by atoms with E-state index < -0.39 is 5.97 Å². The predicted octanol–water partition coefficient (Wildman–Crippen LogP) is 2.27. The van der Waals surface area contributed by atoms with Gasteiger partial charge in [0.15, 0.2) is 12.4 Å². The number of carbonyl (C=O) groups excluding carboxylic acids is 2. The third kappa shape index (κ3) is 6.27. The number of Topliss-reactive ketones (excluding diaryl/α,β-unsaturated/α-hetero) is 1. The molecule has 1 heterocycles. The minimum atomic E-state index is -0.567. The van der Waals surface area contributed by atoms with Crippen LogP contribution < -0.4 is 10.9 Å². The Morgan fingerprint density at radius 2 is 1.83 bits per heavy atom. The van der Waals surface area contributed by atoms with Crippen LogP contribution in [0, 0.1) is 6.92 Å². The summed E-state index contributed by atoms with van der Waals surface area (Å²) in [6.07, 6.45) is -0.120. The number of aromatic amines is 1. The number of nitrogens with zero attached hydrogens (tertiary/aromatic N) is 1. The monoisotopic (exact) mass is 425 g/mol. The first kappa shape index (κ1) is 21.7. The molecule has 2 aromatic carbocycles. The molecule has 0 saturated heterocycles. The van der Waals surface area contributed by atoms with Crippen molar-refractivity contribution in [2.45, 2.75) is 18.2 Å². The summed E-state index contributed by atoms with van der Waals surface area (Å²) in [5.74, 6) is 0.0621. The number of esters is 1. The van der Waals surface area contributed by atoms with Crippen molar-refractivity contribution in [1.82, 2.24) is 15.5 Å². The Morgan fingerprint density at radius 3 is 2.60 bits per heavy atom. The molecule has 0 saturated carbocycles. The van der Waals surface area contributed by atoms with Crippen LogP contribution in [-0.2, 0) is 20.7 Å². The van der Waals surface area contributed by atoms with E-state index in [1.807, 2.05) is 6.92 Å². The summed E-state index contributed by atoms with van der Waals surface area (Å²) < 4.78 is 5.06. The van der Waals surface area contributed by atoms with E-state index in [9.17, 15) is 14.4 Å². The third-order valence-electron chi connectivity index (χ3n) is 4.37. The van der Waals surface area contributed by atoms with Crippen LogP contribution in [0.25, 0.3) is 10.8 Å². The summed E-state index contributed by atoms with van der Waals surface area (Å²) in [5.41, 5.74) is 1.32. The largest absolute Gasteiger partial charge is 0.457 e. The van der Waals surface area contributed by atoms with E-state index in [-0.39, 0.29) is 30.9 Å². The number of ketones is 1. The number of aromatic nitrogens is 2. The van der Waals surface area contributed by atoms with E-state index >= 15 is 0 Å². The zero-order valence-electron chi connectivity index (χ0n) is 16.6. The number of hydrogen-bond donors (Lipinski definition) is 2. The summed E-state index contributed by atoms with van der Waals surface area (Å²) >= 11 is 1.71. The molecular formula is C22H23N3O4S. The van der Waals surface area contributed by atoms with Crippen LogP contribution >= 0.6 is 11.8 Å². The molecule has 7 nitrogen and oxygen atoms in total. The normalized spacial score (nSPS) is 10.8. The molecule has 0 aliphatic carbocycles. The highest BCUT2D eigenvalue weighted by atomic mass is 32.2. The fourth-order valence-electron chi connectivity index (χ4n) is 2.81. The number of ether oxygens (including phenoxy) is 1.